The molecule has 1 aliphatic rings. The Balaban J connectivity index is 1.48. The molecular formula is C23H18ClFN4O5S. The van der Waals surface area contributed by atoms with Crippen LogP contribution in [0, 0.1) is 12.7 Å². The van der Waals surface area contributed by atoms with E-state index in [0.29, 0.717) is 41.0 Å². The van der Waals surface area contributed by atoms with Crippen LogP contribution in [0.2, 0.25) is 5.02 Å². The van der Waals surface area contributed by atoms with Crippen LogP contribution in [0.3, 0.4) is 0 Å². The molecule has 0 aliphatic carbocycles. The zero-order valence-electron chi connectivity index (χ0n) is 18.2. The van der Waals surface area contributed by atoms with Gasteiger partial charge in [-0.3, -0.25) is 14.3 Å². The van der Waals surface area contributed by atoms with Crippen LogP contribution in [-0.2, 0) is 10.0 Å². The Morgan fingerprint density at radius 3 is 2.46 bits per heavy atom. The molecule has 5 rings (SSSR count). The molecular weight excluding hydrogens is 499 g/mol. The van der Waals surface area contributed by atoms with Crippen molar-refractivity contribution >= 4 is 44.0 Å². The van der Waals surface area contributed by atoms with E-state index >= 15 is 0 Å². The van der Waals surface area contributed by atoms with Gasteiger partial charge in [-0.15, -0.1) is 0 Å². The first-order valence-corrected chi connectivity index (χ1v) is 12.3. The van der Waals surface area contributed by atoms with Crippen LogP contribution in [0.25, 0.3) is 22.2 Å². The van der Waals surface area contributed by atoms with Gasteiger partial charge in [-0.2, -0.15) is 0 Å². The van der Waals surface area contributed by atoms with Gasteiger partial charge in [0.15, 0.2) is 11.6 Å². The second kappa shape index (κ2) is 8.43. The van der Waals surface area contributed by atoms with E-state index < -0.39 is 27.0 Å². The number of benzene rings is 3. The van der Waals surface area contributed by atoms with Gasteiger partial charge in [0, 0.05) is 12.1 Å². The third kappa shape index (κ3) is 4.24. The Bertz CT molecular complexity index is 1730. The number of fused-ring (bicyclic) bond motifs is 2. The molecule has 35 heavy (non-hydrogen) atoms. The molecule has 0 spiro atoms. The lowest BCUT2D eigenvalue weighted by Gasteiger charge is -2.21. The topological polar surface area (TPSA) is 133 Å². The maximum atomic E-state index is 14.5. The number of sulfonamides is 1. The summed E-state index contributed by atoms with van der Waals surface area (Å²) < 4.78 is 48.5. The standard InChI is InChI=1S/C23H18ClFN4O5S/c1-11-6-17-18(28-23(31)22(30)27-17)10-20(11)35(32,33)29-13-2-3-14(15(24)9-13)12-7-16(25)21-19(8-12)26-4-5-34-21/h2-3,6-10,26,29H,4-5H2,1H3,(H,27,30)(H,28,31). The van der Waals surface area contributed by atoms with Crippen molar-refractivity contribution in [3.8, 4) is 16.9 Å². The monoisotopic (exact) mass is 516 g/mol. The van der Waals surface area contributed by atoms with Crippen molar-refractivity contribution in [3.63, 3.8) is 0 Å². The SMILES string of the molecule is Cc1cc2[nH]c(=O)c(=O)[nH]c2cc1S(=O)(=O)Nc1ccc(-c2cc(F)c3c(c2)NCCO3)c(Cl)c1. The number of H-pyrrole nitrogens is 2. The quantitative estimate of drug-likeness (QED) is 0.306. The lowest BCUT2D eigenvalue weighted by Crippen LogP contribution is -2.29. The Hall–Kier alpha value is -3.83. The number of aromatic amines is 2. The summed E-state index contributed by atoms with van der Waals surface area (Å²) in [7, 11) is -4.08. The summed E-state index contributed by atoms with van der Waals surface area (Å²) in [5, 5.41) is 3.28. The van der Waals surface area contributed by atoms with Gasteiger partial charge in [0.2, 0.25) is 0 Å². The summed E-state index contributed by atoms with van der Waals surface area (Å²) in [6, 6.07) is 10.3. The fourth-order valence-corrected chi connectivity index (χ4v) is 5.52. The first kappa shape index (κ1) is 22.9. The summed E-state index contributed by atoms with van der Waals surface area (Å²) in [5.74, 6) is -0.381. The van der Waals surface area contributed by atoms with E-state index in [1.54, 1.807) is 19.1 Å². The molecule has 0 amide bonds. The lowest BCUT2D eigenvalue weighted by atomic mass is 10.0. The Kier molecular flexibility index (Phi) is 5.53. The summed E-state index contributed by atoms with van der Waals surface area (Å²) in [5.41, 5.74) is 0.814. The van der Waals surface area contributed by atoms with Crippen LogP contribution in [-0.4, -0.2) is 31.5 Å². The van der Waals surface area contributed by atoms with Gasteiger partial charge in [0.05, 0.1) is 32.3 Å². The molecule has 4 aromatic rings. The number of aryl methyl sites for hydroxylation is 1. The molecule has 0 fully saturated rings. The molecule has 12 heteroatoms. The molecule has 0 unspecified atom stereocenters. The molecule has 0 radical (unpaired) electrons. The number of hydrogen-bond acceptors (Lipinski definition) is 6. The Morgan fingerprint density at radius 1 is 1.03 bits per heavy atom. The molecule has 0 bridgehead atoms. The molecule has 0 saturated carbocycles. The second-order valence-electron chi connectivity index (χ2n) is 7.98. The molecule has 3 aromatic carbocycles. The number of rotatable bonds is 4. The first-order chi connectivity index (χ1) is 16.6. The Labute approximate surface area is 203 Å². The summed E-state index contributed by atoms with van der Waals surface area (Å²) in [6.07, 6.45) is 0. The summed E-state index contributed by atoms with van der Waals surface area (Å²) in [4.78, 5) is 27.9. The minimum atomic E-state index is -4.08. The number of ether oxygens (including phenoxy) is 1. The molecule has 9 nitrogen and oxygen atoms in total. The van der Waals surface area contributed by atoms with Crippen molar-refractivity contribution in [2.75, 3.05) is 23.2 Å². The number of aromatic nitrogens is 2. The van der Waals surface area contributed by atoms with Crippen LogP contribution in [0.15, 0.2) is 56.9 Å². The number of anilines is 2. The average molecular weight is 517 g/mol. The van der Waals surface area contributed by atoms with Crippen LogP contribution in [0.4, 0.5) is 15.8 Å². The van der Waals surface area contributed by atoms with Crippen molar-refractivity contribution < 1.29 is 17.5 Å². The van der Waals surface area contributed by atoms with Crippen molar-refractivity contribution in [2.24, 2.45) is 0 Å². The first-order valence-electron chi connectivity index (χ1n) is 10.4. The van der Waals surface area contributed by atoms with Gasteiger partial charge in [-0.05, 0) is 54.4 Å². The molecule has 0 saturated heterocycles. The highest BCUT2D eigenvalue weighted by molar-refractivity contribution is 7.92. The van der Waals surface area contributed by atoms with Gasteiger partial charge in [0.25, 0.3) is 10.0 Å². The molecule has 1 aromatic heterocycles. The second-order valence-corrected chi connectivity index (χ2v) is 10.0. The van der Waals surface area contributed by atoms with E-state index in [2.05, 4.69) is 20.0 Å². The van der Waals surface area contributed by atoms with Gasteiger partial charge < -0.3 is 20.0 Å². The molecule has 180 valence electrons. The molecule has 2 heterocycles. The summed E-state index contributed by atoms with van der Waals surface area (Å²) >= 11 is 6.43. The van der Waals surface area contributed by atoms with Gasteiger partial charge in [0.1, 0.15) is 6.61 Å². The highest BCUT2D eigenvalue weighted by Crippen LogP contribution is 2.38. The van der Waals surface area contributed by atoms with Crippen molar-refractivity contribution in [1.29, 1.82) is 0 Å². The zero-order chi connectivity index (χ0) is 24.9. The number of nitrogens with one attached hydrogen (secondary N) is 4. The fraction of sp³-hybridized carbons (Fsp3) is 0.130. The largest absolute Gasteiger partial charge is 0.486 e. The predicted molar refractivity (Wildman–Crippen MR) is 132 cm³/mol. The third-order valence-corrected chi connectivity index (χ3v) is 7.38. The van der Waals surface area contributed by atoms with Crippen LogP contribution in [0.5, 0.6) is 5.75 Å². The highest BCUT2D eigenvalue weighted by Gasteiger charge is 2.21. The molecule has 0 atom stereocenters. The Morgan fingerprint density at radius 2 is 1.74 bits per heavy atom. The van der Waals surface area contributed by atoms with Crippen molar-refractivity contribution in [3.05, 3.63) is 79.6 Å². The highest BCUT2D eigenvalue weighted by atomic mass is 35.5. The predicted octanol–water partition coefficient (Wildman–Crippen LogP) is 3.59. The van der Waals surface area contributed by atoms with Crippen LogP contribution in [0.1, 0.15) is 5.56 Å². The van der Waals surface area contributed by atoms with Crippen molar-refractivity contribution in [2.45, 2.75) is 11.8 Å². The smallest absolute Gasteiger partial charge is 0.314 e. The fourth-order valence-electron chi connectivity index (χ4n) is 3.93. The number of halogens is 2. The van der Waals surface area contributed by atoms with Gasteiger partial charge >= 0.3 is 11.1 Å². The summed E-state index contributed by atoms with van der Waals surface area (Å²) in [6.45, 7) is 2.47. The van der Waals surface area contributed by atoms with Gasteiger partial charge in [-0.1, -0.05) is 17.7 Å². The van der Waals surface area contributed by atoms with Crippen LogP contribution < -0.4 is 25.9 Å². The van der Waals surface area contributed by atoms with E-state index in [0.717, 1.165) is 0 Å². The van der Waals surface area contributed by atoms with E-state index in [1.165, 1.54) is 30.3 Å². The zero-order valence-corrected chi connectivity index (χ0v) is 19.7. The van der Waals surface area contributed by atoms with E-state index in [1.807, 2.05) is 0 Å². The third-order valence-electron chi connectivity index (χ3n) is 5.55. The average Bonchev–Trinajstić information content (AvgIpc) is 2.79. The maximum Gasteiger partial charge on any atom is 0.314 e. The number of hydrogen-bond donors (Lipinski definition) is 4. The van der Waals surface area contributed by atoms with Crippen LogP contribution >= 0.6 is 11.6 Å². The minimum absolute atomic E-state index is 0.0873. The van der Waals surface area contributed by atoms with E-state index in [-0.39, 0.29) is 26.9 Å². The minimum Gasteiger partial charge on any atom is -0.486 e. The molecule has 4 N–H and O–H groups in total. The van der Waals surface area contributed by atoms with E-state index in [9.17, 15) is 22.4 Å². The van der Waals surface area contributed by atoms with Gasteiger partial charge in [-0.25, -0.2) is 12.8 Å². The lowest BCUT2D eigenvalue weighted by molar-refractivity contribution is 0.306. The molecule has 1 aliphatic heterocycles. The maximum absolute atomic E-state index is 14.5. The van der Waals surface area contributed by atoms with E-state index in [4.69, 9.17) is 16.3 Å². The van der Waals surface area contributed by atoms with Crippen molar-refractivity contribution in [1.82, 2.24) is 9.97 Å². The normalized spacial score (nSPS) is 13.1.